The van der Waals surface area contributed by atoms with Crippen LogP contribution in [0.1, 0.15) is 53.3 Å². The molecule has 1 aromatic heterocycles. The minimum atomic E-state index is -4.53. The first-order valence-corrected chi connectivity index (χ1v) is 14.5. The Labute approximate surface area is 226 Å². The Morgan fingerprint density at radius 3 is 2.41 bits per heavy atom. The van der Waals surface area contributed by atoms with Crippen molar-refractivity contribution in [3.05, 3.63) is 70.0 Å². The van der Waals surface area contributed by atoms with Crippen LogP contribution in [-0.2, 0) is 43.8 Å². The highest BCUT2D eigenvalue weighted by Crippen LogP contribution is 2.33. The third kappa shape index (κ3) is 6.76. The second-order valence-corrected chi connectivity index (χ2v) is 12.3. The van der Waals surface area contributed by atoms with Crippen LogP contribution in [0.25, 0.3) is 0 Å². The minimum absolute atomic E-state index is 0.0365. The lowest BCUT2D eigenvalue weighted by atomic mass is 9.88. The molecule has 0 saturated carbocycles. The monoisotopic (exact) mass is 588 g/mol. The number of alkyl halides is 3. The molecule has 39 heavy (non-hydrogen) atoms. The van der Waals surface area contributed by atoms with Crippen LogP contribution in [0, 0.1) is 18.6 Å². The lowest BCUT2D eigenvalue weighted by molar-refractivity contribution is -0.137. The predicted molar refractivity (Wildman–Crippen MR) is 134 cm³/mol. The van der Waals surface area contributed by atoms with Gasteiger partial charge in [-0.2, -0.15) is 18.0 Å². The van der Waals surface area contributed by atoms with Crippen molar-refractivity contribution in [2.45, 2.75) is 56.1 Å². The molecule has 3 aromatic rings. The van der Waals surface area contributed by atoms with E-state index in [1.54, 1.807) is 11.8 Å². The van der Waals surface area contributed by atoms with Crippen LogP contribution in [0.15, 0.2) is 35.2 Å². The quantitative estimate of drug-likeness (QED) is 0.423. The lowest BCUT2D eigenvalue weighted by Crippen LogP contribution is -2.38. The molecule has 0 spiro atoms. The summed E-state index contributed by atoms with van der Waals surface area (Å²) in [6.45, 7) is 2.16. The summed E-state index contributed by atoms with van der Waals surface area (Å²) >= 11 is 4.56. The molecule has 1 fully saturated rings. The van der Waals surface area contributed by atoms with Gasteiger partial charge in [-0.1, -0.05) is 12.1 Å². The summed E-state index contributed by atoms with van der Waals surface area (Å²) in [7, 11) is -3.58. The average Bonchev–Trinajstić information content (AvgIpc) is 3.27. The molecule has 0 radical (unpaired) electrons. The van der Waals surface area contributed by atoms with Gasteiger partial charge in [-0.3, -0.25) is 4.79 Å². The van der Waals surface area contributed by atoms with E-state index in [0.29, 0.717) is 42.9 Å². The Kier molecular flexibility index (Phi) is 8.33. The Balaban J connectivity index is 1.41. The Morgan fingerprint density at radius 1 is 1.13 bits per heavy atom. The topological polar surface area (TPSA) is 107 Å². The maximum absolute atomic E-state index is 14.7. The van der Waals surface area contributed by atoms with E-state index in [9.17, 15) is 31.0 Å². The molecule has 1 saturated heterocycles. The molecule has 4 rings (SSSR count). The van der Waals surface area contributed by atoms with Gasteiger partial charge in [0.15, 0.2) is 17.5 Å². The van der Waals surface area contributed by atoms with Gasteiger partial charge in [0.2, 0.25) is 5.91 Å². The van der Waals surface area contributed by atoms with Crippen molar-refractivity contribution in [1.29, 1.82) is 0 Å². The van der Waals surface area contributed by atoms with Gasteiger partial charge >= 0.3 is 6.18 Å². The Bertz CT molecular complexity index is 1480. The first-order valence-electron chi connectivity index (χ1n) is 12.0. The highest BCUT2D eigenvalue weighted by molar-refractivity contribution is 8.31. The maximum Gasteiger partial charge on any atom is 0.416 e. The number of aryl methyl sites for hydroxylation is 2. The average molecular weight is 589 g/mol. The number of benzene rings is 2. The zero-order valence-electron chi connectivity index (χ0n) is 20.8. The minimum Gasteiger partial charge on any atom is -0.343 e. The van der Waals surface area contributed by atoms with E-state index in [1.807, 2.05) is 0 Å². The van der Waals surface area contributed by atoms with E-state index >= 15 is 0 Å². The third-order valence-electron chi connectivity index (χ3n) is 6.68. The number of aromatic nitrogens is 4. The number of halogens is 5. The molecule has 0 bridgehead atoms. The highest BCUT2D eigenvalue weighted by Gasteiger charge is 2.32. The number of hydrogen-bond donors (Lipinski definition) is 1. The molecule has 1 atom stereocenters. The number of nitrogens with zero attached hydrogens (tertiary/aromatic N) is 5. The van der Waals surface area contributed by atoms with Crippen molar-refractivity contribution < 1.29 is 31.0 Å². The van der Waals surface area contributed by atoms with Crippen LogP contribution >= 0.6 is 0 Å². The van der Waals surface area contributed by atoms with Crippen molar-refractivity contribution in [2.75, 3.05) is 13.1 Å². The molecule has 210 valence electrons. The molecule has 1 amide bonds. The first-order chi connectivity index (χ1) is 18.2. The summed E-state index contributed by atoms with van der Waals surface area (Å²) < 4.78 is 80.7. The van der Waals surface area contributed by atoms with Gasteiger partial charge in [0.05, 0.1) is 17.0 Å². The fraction of sp³-hybridized carbons (Fsp3) is 0.417. The molecule has 1 aliphatic rings. The fourth-order valence-corrected chi connectivity index (χ4v) is 5.64. The van der Waals surface area contributed by atoms with Crippen LogP contribution in [0.4, 0.5) is 22.0 Å². The van der Waals surface area contributed by atoms with Crippen molar-refractivity contribution in [3.63, 3.8) is 0 Å². The van der Waals surface area contributed by atoms with E-state index in [0.717, 1.165) is 18.2 Å². The number of carbonyl (C=O) groups excluding carboxylic acids is 1. The number of rotatable bonds is 7. The highest BCUT2D eigenvalue weighted by atomic mass is 32.8. The Morgan fingerprint density at radius 2 is 1.82 bits per heavy atom. The van der Waals surface area contributed by atoms with Crippen molar-refractivity contribution in [1.82, 2.24) is 25.1 Å². The molecule has 8 nitrogen and oxygen atoms in total. The summed E-state index contributed by atoms with van der Waals surface area (Å²) in [4.78, 5) is 15.1. The molecule has 0 aliphatic carbocycles. The molecule has 2 aromatic carbocycles. The summed E-state index contributed by atoms with van der Waals surface area (Å²) in [6.07, 6.45) is -3.54. The molecular weight excluding hydrogens is 563 g/mol. The SMILES string of the molecule is Cc1nnn(Cc2cc(C(F)(F)F)ccc2CCC(=O)N2CCC(c3ccc(S(N)(=O)=S)c(F)c3F)CC2)n1. The van der Waals surface area contributed by atoms with Gasteiger partial charge in [-0.15, -0.1) is 10.2 Å². The largest absolute Gasteiger partial charge is 0.416 e. The van der Waals surface area contributed by atoms with Gasteiger partial charge in [-0.05, 0) is 72.2 Å². The second kappa shape index (κ2) is 11.2. The number of tetrazole rings is 1. The summed E-state index contributed by atoms with van der Waals surface area (Å²) in [5, 5.41) is 16.9. The molecular formula is C24H25F5N6O2S2. The van der Waals surface area contributed by atoms with E-state index in [4.69, 9.17) is 5.14 Å². The predicted octanol–water partition coefficient (Wildman–Crippen LogP) is 3.64. The van der Waals surface area contributed by atoms with E-state index in [2.05, 4.69) is 26.6 Å². The van der Waals surface area contributed by atoms with Crippen molar-refractivity contribution in [3.8, 4) is 0 Å². The zero-order chi connectivity index (χ0) is 28.5. The third-order valence-corrected chi connectivity index (χ3v) is 8.14. The zero-order valence-corrected chi connectivity index (χ0v) is 22.4. The van der Waals surface area contributed by atoms with Gasteiger partial charge in [0, 0.05) is 30.7 Å². The lowest BCUT2D eigenvalue weighted by Gasteiger charge is -2.32. The maximum atomic E-state index is 14.7. The van der Waals surface area contributed by atoms with Gasteiger partial charge in [0.25, 0.3) is 0 Å². The van der Waals surface area contributed by atoms with Gasteiger partial charge in [-0.25, -0.2) is 18.1 Å². The van der Waals surface area contributed by atoms with E-state index in [1.165, 1.54) is 16.9 Å². The second-order valence-electron chi connectivity index (χ2n) is 9.33. The van der Waals surface area contributed by atoms with Crippen LogP contribution in [0.2, 0.25) is 0 Å². The summed E-state index contributed by atoms with van der Waals surface area (Å²) in [6, 6.07) is 5.82. The van der Waals surface area contributed by atoms with Crippen LogP contribution in [0.3, 0.4) is 0 Å². The number of hydrogen-bond acceptors (Lipinski definition) is 6. The van der Waals surface area contributed by atoms with E-state index in [-0.39, 0.29) is 36.8 Å². The first kappa shape index (κ1) is 29.0. The molecule has 2 heterocycles. The van der Waals surface area contributed by atoms with Crippen LogP contribution in [0.5, 0.6) is 0 Å². The number of piperidine rings is 1. The van der Waals surface area contributed by atoms with Crippen molar-refractivity contribution in [2.24, 2.45) is 5.14 Å². The molecule has 15 heteroatoms. The van der Waals surface area contributed by atoms with Crippen molar-refractivity contribution >= 4 is 25.8 Å². The Hall–Kier alpha value is -3.04. The number of likely N-dealkylation sites (tertiary alicyclic amines) is 1. The van der Waals surface area contributed by atoms with Gasteiger partial charge in [0.1, 0.15) is 8.68 Å². The molecule has 1 unspecified atom stereocenters. The van der Waals surface area contributed by atoms with Gasteiger partial charge < -0.3 is 4.90 Å². The standard InChI is InChI=1S/C24H25F5N6O2S2/c1-14-31-33-35(32-14)13-17-12-18(24(27,28)29)4-2-15(17)3-7-21(36)34-10-8-16(9-11-34)19-5-6-20(39(30,37)38)23(26)22(19)25/h2,4-6,12,16H,3,7-11,13H2,1H3,(H2,30,37,38). The fourth-order valence-electron chi connectivity index (χ4n) is 4.66. The number of nitrogens with two attached hydrogens (primary N) is 1. The summed E-state index contributed by atoms with van der Waals surface area (Å²) in [5.74, 6) is -2.66. The van der Waals surface area contributed by atoms with Crippen LogP contribution in [-0.4, -0.2) is 48.3 Å². The van der Waals surface area contributed by atoms with E-state index < -0.39 is 36.9 Å². The normalized spacial score (nSPS) is 16.3. The number of amides is 1. The smallest absolute Gasteiger partial charge is 0.343 e. The number of carbonyl (C=O) groups is 1. The molecule has 1 aliphatic heterocycles. The van der Waals surface area contributed by atoms with Crippen LogP contribution < -0.4 is 5.14 Å². The molecule has 2 N–H and O–H groups in total. The summed E-state index contributed by atoms with van der Waals surface area (Å²) in [5.41, 5.74) is 0.172.